The Kier molecular flexibility index (Phi) is 10.3. The van der Waals surface area contributed by atoms with Crippen LogP contribution in [0.4, 0.5) is 10.1 Å². The van der Waals surface area contributed by atoms with Crippen molar-refractivity contribution in [1.29, 1.82) is 0 Å². The minimum absolute atomic E-state index is 0. The Hall–Kier alpha value is -1.91. The molecule has 0 radical (unpaired) electrons. The highest BCUT2D eigenvalue weighted by molar-refractivity contribution is 14.0. The molecule has 1 aromatic heterocycles. The van der Waals surface area contributed by atoms with E-state index < -0.39 is 0 Å². The first-order chi connectivity index (χ1) is 14.2. The molecule has 2 aromatic rings. The molecule has 7 nitrogen and oxygen atoms in total. The van der Waals surface area contributed by atoms with Crippen molar-refractivity contribution in [3.8, 4) is 0 Å². The van der Waals surface area contributed by atoms with Crippen molar-refractivity contribution in [2.45, 2.75) is 39.7 Å². The maximum Gasteiger partial charge on any atom is 0.194 e. The lowest BCUT2D eigenvalue weighted by Gasteiger charge is -2.37. The minimum Gasteiger partial charge on any atom is -0.368 e. The van der Waals surface area contributed by atoms with E-state index in [1.54, 1.807) is 6.33 Å². The van der Waals surface area contributed by atoms with Gasteiger partial charge in [-0.05, 0) is 30.7 Å². The number of nitrogens with one attached hydrogen (secondary N) is 1. The van der Waals surface area contributed by atoms with Gasteiger partial charge in [0, 0.05) is 57.9 Å². The Labute approximate surface area is 195 Å². The van der Waals surface area contributed by atoms with Gasteiger partial charge in [0.25, 0.3) is 0 Å². The van der Waals surface area contributed by atoms with E-state index in [0.717, 1.165) is 82.5 Å². The molecule has 0 unspecified atom stereocenters. The van der Waals surface area contributed by atoms with Crippen molar-refractivity contribution in [3.05, 3.63) is 42.2 Å². The lowest BCUT2D eigenvalue weighted by molar-refractivity contribution is 0.370. The van der Waals surface area contributed by atoms with E-state index in [2.05, 4.69) is 43.7 Å². The van der Waals surface area contributed by atoms with Crippen molar-refractivity contribution < 1.29 is 4.39 Å². The van der Waals surface area contributed by atoms with Crippen LogP contribution in [0.25, 0.3) is 0 Å². The summed E-state index contributed by atoms with van der Waals surface area (Å²) in [6, 6.07) is 6.75. The second-order valence-corrected chi connectivity index (χ2v) is 7.23. The number of aromatic nitrogens is 3. The summed E-state index contributed by atoms with van der Waals surface area (Å²) in [5.41, 5.74) is 1.07. The molecule has 1 aromatic carbocycles. The van der Waals surface area contributed by atoms with Crippen molar-refractivity contribution >= 4 is 35.6 Å². The van der Waals surface area contributed by atoms with E-state index in [1.807, 2.05) is 12.1 Å². The average Bonchev–Trinajstić information content (AvgIpc) is 3.21. The highest BCUT2D eigenvalue weighted by Crippen LogP contribution is 2.17. The molecule has 0 amide bonds. The van der Waals surface area contributed by atoms with Gasteiger partial charge in [0.05, 0.1) is 0 Å². The highest BCUT2D eigenvalue weighted by atomic mass is 127. The largest absolute Gasteiger partial charge is 0.368 e. The van der Waals surface area contributed by atoms with Gasteiger partial charge in [-0.15, -0.1) is 34.2 Å². The van der Waals surface area contributed by atoms with Gasteiger partial charge in [-0.2, -0.15) is 0 Å². The SMILES string of the molecule is CCCCN=C(NCCn1cnnc1CC)N1CCN(c2ccc(F)cc2)CC1.I. The zero-order valence-electron chi connectivity index (χ0n) is 17.9. The highest BCUT2D eigenvalue weighted by Gasteiger charge is 2.20. The molecule has 3 rings (SSSR count). The molecule has 1 saturated heterocycles. The smallest absolute Gasteiger partial charge is 0.194 e. The molecule has 0 spiro atoms. The lowest BCUT2D eigenvalue weighted by atomic mass is 10.2. The maximum absolute atomic E-state index is 13.2. The van der Waals surface area contributed by atoms with Crippen LogP contribution >= 0.6 is 24.0 Å². The minimum atomic E-state index is -0.193. The molecule has 1 fully saturated rings. The predicted molar refractivity (Wildman–Crippen MR) is 130 cm³/mol. The van der Waals surface area contributed by atoms with E-state index in [4.69, 9.17) is 4.99 Å². The van der Waals surface area contributed by atoms with Crippen molar-refractivity contribution in [2.24, 2.45) is 4.99 Å². The van der Waals surface area contributed by atoms with Crippen LogP contribution in [0.2, 0.25) is 0 Å². The number of anilines is 1. The van der Waals surface area contributed by atoms with E-state index >= 15 is 0 Å². The standard InChI is InChI=1S/C21H32FN7.HI/c1-3-5-10-23-21(24-11-12-29-17-25-26-20(29)4-2)28-15-13-27(14-16-28)19-8-6-18(22)7-9-19;/h6-9,17H,3-5,10-16H2,1-2H3,(H,23,24);1H. The molecule has 9 heteroatoms. The van der Waals surface area contributed by atoms with Gasteiger partial charge in [-0.25, -0.2) is 4.39 Å². The monoisotopic (exact) mass is 529 g/mol. The van der Waals surface area contributed by atoms with Gasteiger partial charge in [0.15, 0.2) is 5.96 Å². The number of nitrogens with zero attached hydrogens (tertiary/aromatic N) is 6. The lowest BCUT2D eigenvalue weighted by Crippen LogP contribution is -2.53. The van der Waals surface area contributed by atoms with Gasteiger partial charge in [-0.3, -0.25) is 4.99 Å². The van der Waals surface area contributed by atoms with Crippen molar-refractivity contribution in [1.82, 2.24) is 25.0 Å². The second-order valence-electron chi connectivity index (χ2n) is 7.23. The van der Waals surface area contributed by atoms with Gasteiger partial charge in [0.1, 0.15) is 18.0 Å². The number of piperazine rings is 1. The van der Waals surface area contributed by atoms with Gasteiger partial charge >= 0.3 is 0 Å². The van der Waals surface area contributed by atoms with Gasteiger partial charge in [-0.1, -0.05) is 20.3 Å². The van der Waals surface area contributed by atoms with E-state index in [1.165, 1.54) is 12.1 Å². The van der Waals surface area contributed by atoms with Crippen LogP contribution in [0.3, 0.4) is 0 Å². The zero-order valence-corrected chi connectivity index (χ0v) is 20.3. The quantitative estimate of drug-likeness (QED) is 0.247. The first kappa shape index (κ1) is 24.4. The molecule has 1 aliphatic heterocycles. The number of guanidine groups is 1. The zero-order chi connectivity index (χ0) is 20.5. The van der Waals surface area contributed by atoms with E-state index in [9.17, 15) is 4.39 Å². The Balaban J connectivity index is 0.00000320. The number of benzene rings is 1. The molecule has 1 aliphatic rings. The maximum atomic E-state index is 13.2. The molecule has 0 aliphatic carbocycles. The topological polar surface area (TPSA) is 61.6 Å². The third-order valence-electron chi connectivity index (χ3n) is 5.19. The number of unbranched alkanes of at least 4 members (excludes halogenated alkanes) is 1. The summed E-state index contributed by atoms with van der Waals surface area (Å²) in [7, 11) is 0. The Morgan fingerprint density at radius 1 is 1.13 bits per heavy atom. The number of aryl methyl sites for hydroxylation is 1. The van der Waals surface area contributed by atoms with Crippen LogP contribution in [0, 0.1) is 5.82 Å². The molecule has 0 atom stereocenters. The third-order valence-corrected chi connectivity index (χ3v) is 5.19. The molecular formula is C21H33FIN7. The number of aliphatic imine (C=N–C) groups is 1. The fourth-order valence-electron chi connectivity index (χ4n) is 3.47. The second kappa shape index (κ2) is 12.7. The number of rotatable bonds is 8. The number of hydrogen-bond donors (Lipinski definition) is 1. The summed E-state index contributed by atoms with van der Waals surface area (Å²) in [5.74, 6) is 1.79. The summed E-state index contributed by atoms with van der Waals surface area (Å²) >= 11 is 0. The van der Waals surface area contributed by atoms with Crippen LogP contribution in [-0.2, 0) is 13.0 Å². The van der Waals surface area contributed by atoms with Gasteiger partial charge < -0.3 is 19.7 Å². The van der Waals surface area contributed by atoms with Crippen LogP contribution in [0.5, 0.6) is 0 Å². The molecule has 166 valence electrons. The first-order valence-corrected chi connectivity index (χ1v) is 10.6. The van der Waals surface area contributed by atoms with E-state index in [0.29, 0.717) is 0 Å². The summed E-state index contributed by atoms with van der Waals surface area (Å²) < 4.78 is 15.3. The summed E-state index contributed by atoms with van der Waals surface area (Å²) in [5, 5.41) is 11.7. The number of hydrogen-bond acceptors (Lipinski definition) is 4. The molecule has 30 heavy (non-hydrogen) atoms. The van der Waals surface area contributed by atoms with Crippen LogP contribution < -0.4 is 10.2 Å². The van der Waals surface area contributed by atoms with E-state index in [-0.39, 0.29) is 29.8 Å². The molecule has 1 N–H and O–H groups in total. The van der Waals surface area contributed by atoms with Crippen LogP contribution in [0.15, 0.2) is 35.6 Å². The fourth-order valence-corrected chi connectivity index (χ4v) is 3.47. The molecular weight excluding hydrogens is 496 g/mol. The Morgan fingerprint density at radius 2 is 1.87 bits per heavy atom. The predicted octanol–water partition coefficient (Wildman–Crippen LogP) is 3.17. The van der Waals surface area contributed by atoms with Gasteiger partial charge in [0.2, 0.25) is 0 Å². The summed E-state index contributed by atoms with van der Waals surface area (Å²) in [6.45, 7) is 10.3. The van der Waals surface area contributed by atoms with Crippen LogP contribution in [0.1, 0.15) is 32.5 Å². The molecule has 0 bridgehead atoms. The molecule has 2 heterocycles. The Morgan fingerprint density at radius 3 is 2.53 bits per heavy atom. The Bertz CT molecular complexity index is 770. The summed E-state index contributed by atoms with van der Waals surface area (Å²) in [6.07, 6.45) is 4.89. The molecule has 0 saturated carbocycles. The first-order valence-electron chi connectivity index (χ1n) is 10.6. The number of halogens is 2. The summed E-state index contributed by atoms with van der Waals surface area (Å²) in [4.78, 5) is 9.45. The fraction of sp³-hybridized carbons (Fsp3) is 0.571. The normalized spacial score (nSPS) is 14.6. The van der Waals surface area contributed by atoms with Crippen molar-refractivity contribution in [3.63, 3.8) is 0 Å². The average molecular weight is 529 g/mol. The third kappa shape index (κ3) is 6.82. The van der Waals surface area contributed by atoms with Crippen molar-refractivity contribution in [2.75, 3.05) is 44.2 Å². The van der Waals surface area contributed by atoms with Crippen LogP contribution in [-0.4, -0.2) is 64.9 Å².